The Balaban J connectivity index is 2.12. The second-order valence-corrected chi connectivity index (χ2v) is 4.11. The summed E-state index contributed by atoms with van der Waals surface area (Å²) >= 11 is 6.13. The molecule has 1 aliphatic rings. The van der Waals surface area contributed by atoms with Crippen molar-refractivity contribution < 1.29 is 9.47 Å². The van der Waals surface area contributed by atoms with E-state index in [0.29, 0.717) is 24.0 Å². The summed E-state index contributed by atoms with van der Waals surface area (Å²) in [7, 11) is 0. The molecule has 0 aliphatic carbocycles. The predicted molar refractivity (Wildman–Crippen MR) is 64.7 cm³/mol. The van der Waals surface area contributed by atoms with Gasteiger partial charge >= 0.3 is 0 Å². The molecule has 3 nitrogen and oxygen atoms in total. The molecule has 0 bridgehead atoms. The zero-order valence-corrected chi connectivity index (χ0v) is 10.1. The Kier molecular flexibility index (Phi) is 3.91. The molecule has 0 saturated carbocycles. The lowest BCUT2D eigenvalue weighted by molar-refractivity contribution is 0.171. The number of nitrogens with one attached hydrogen (secondary N) is 1. The highest BCUT2D eigenvalue weighted by molar-refractivity contribution is 6.32. The Hall–Kier alpha value is -0.930. The Morgan fingerprint density at radius 2 is 2.12 bits per heavy atom. The lowest BCUT2D eigenvalue weighted by Crippen LogP contribution is -2.18. The SMILES string of the molecule is CCNCCc1cc(Cl)c2c(c1)OCCO2. The van der Waals surface area contributed by atoms with Gasteiger partial charge in [-0.1, -0.05) is 18.5 Å². The molecule has 0 unspecified atom stereocenters. The van der Waals surface area contributed by atoms with Crippen molar-refractivity contribution >= 4 is 11.6 Å². The number of rotatable bonds is 4. The Bertz CT molecular complexity index is 368. The summed E-state index contributed by atoms with van der Waals surface area (Å²) in [5, 5.41) is 3.92. The van der Waals surface area contributed by atoms with Crippen molar-refractivity contribution in [3.8, 4) is 11.5 Å². The van der Waals surface area contributed by atoms with Crippen LogP contribution in [0, 0.1) is 0 Å². The summed E-state index contributed by atoms with van der Waals surface area (Å²) in [4.78, 5) is 0. The summed E-state index contributed by atoms with van der Waals surface area (Å²) in [5.41, 5.74) is 1.18. The molecule has 0 aromatic heterocycles. The first-order chi connectivity index (χ1) is 7.81. The highest BCUT2D eigenvalue weighted by Gasteiger charge is 2.16. The summed E-state index contributed by atoms with van der Waals surface area (Å²) in [5.74, 6) is 1.45. The fourth-order valence-corrected chi connectivity index (χ4v) is 2.01. The fraction of sp³-hybridized carbons (Fsp3) is 0.500. The Morgan fingerprint density at radius 1 is 1.31 bits per heavy atom. The molecule has 1 aromatic carbocycles. The van der Waals surface area contributed by atoms with Gasteiger partial charge in [0.2, 0.25) is 0 Å². The molecule has 4 heteroatoms. The molecule has 0 amide bonds. The van der Waals surface area contributed by atoms with E-state index in [4.69, 9.17) is 21.1 Å². The van der Waals surface area contributed by atoms with Crippen molar-refractivity contribution in [1.82, 2.24) is 5.32 Å². The van der Waals surface area contributed by atoms with Crippen molar-refractivity contribution in [1.29, 1.82) is 0 Å². The maximum absolute atomic E-state index is 6.13. The number of halogens is 1. The van der Waals surface area contributed by atoms with Gasteiger partial charge in [-0.05, 0) is 37.2 Å². The van der Waals surface area contributed by atoms with E-state index in [9.17, 15) is 0 Å². The second-order valence-electron chi connectivity index (χ2n) is 3.71. The topological polar surface area (TPSA) is 30.5 Å². The van der Waals surface area contributed by atoms with Crippen LogP contribution in [0.3, 0.4) is 0 Å². The second kappa shape index (κ2) is 5.41. The van der Waals surface area contributed by atoms with E-state index in [-0.39, 0.29) is 0 Å². The quantitative estimate of drug-likeness (QED) is 0.821. The van der Waals surface area contributed by atoms with Crippen LogP contribution in [-0.4, -0.2) is 26.3 Å². The lowest BCUT2D eigenvalue weighted by Gasteiger charge is -2.20. The number of hydrogen-bond donors (Lipinski definition) is 1. The van der Waals surface area contributed by atoms with Crippen LogP contribution in [0.4, 0.5) is 0 Å². The standard InChI is InChI=1S/C12H16ClNO2/c1-2-14-4-3-9-7-10(13)12-11(8-9)15-5-6-16-12/h7-8,14H,2-6H2,1H3. The van der Waals surface area contributed by atoms with E-state index in [2.05, 4.69) is 12.2 Å². The average molecular weight is 242 g/mol. The number of ether oxygens (including phenoxy) is 2. The summed E-state index contributed by atoms with van der Waals surface area (Å²) in [6.45, 7) is 5.20. The van der Waals surface area contributed by atoms with Crippen molar-refractivity contribution in [2.24, 2.45) is 0 Å². The van der Waals surface area contributed by atoms with E-state index in [1.54, 1.807) is 0 Å². The van der Waals surface area contributed by atoms with Crippen molar-refractivity contribution in [2.75, 3.05) is 26.3 Å². The van der Waals surface area contributed by atoms with Crippen LogP contribution < -0.4 is 14.8 Å². The third-order valence-corrected chi connectivity index (χ3v) is 2.78. The number of likely N-dealkylation sites (N-methyl/N-ethyl adjacent to an activating group) is 1. The normalized spacial score (nSPS) is 13.9. The molecule has 88 valence electrons. The summed E-state index contributed by atoms with van der Waals surface area (Å²) in [6, 6.07) is 3.96. The van der Waals surface area contributed by atoms with Gasteiger partial charge in [-0.2, -0.15) is 0 Å². The number of fused-ring (bicyclic) bond motifs is 1. The minimum absolute atomic E-state index is 0.573. The number of benzene rings is 1. The third-order valence-electron chi connectivity index (χ3n) is 2.50. The predicted octanol–water partition coefficient (Wildman–Crippen LogP) is 2.26. The molecule has 0 fully saturated rings. The van der Waals surface area contributed by atoms with E-state index in [1.165, 1.54) is 5.56 Å². The molecule has 1 heterocycles. The zero-order chi connectivity index (χ0) is 11.4. The van der Waals surface area contributed by atoms with Crippen LogP contribution in [0.2, 0.25) is 5.02 Å². The van der Waals surface area contributed by atoms with Crippen LogP contribution in [0.1, 0.15) is 12.5 Å². The molecule has 1 aromatic rings. The van der Waals surface area contributed by atoms with Crippen molar-refractivity contribution in [3.63, 3.8) is 0 Å². The average Bonchev–Trinajstić information content (AvgIpc) is 2.30. The van der Waals surface area contributed by atoms with Gasteiger partial charge in [0.25, 0.3) is 0 Å². The van der Waals surface area contributed by atoms with E-state index < -0.39 is 0 Å². The van der Waals surface area contributed by atoms with Crippen LogP contribution in [0.15, 0.2) is 12.1 Å². The van der Waals surface area contributed by atoms with Crippen LogP contribution >= 0.6 is 11.6 Å². The van der Waals surface area contributed by atoms with Gasteiger partial charge in [0, 0.05) is 0 Å². The van der Waals surface area contributed by atoms with Crippen molar-refractivity contribution in [3.05, 3.63) is 22.7 Å². The molecular formula is C12H16ClNO2. The summed E-state index contributed by atoms with van der Waals surface area (Å²) in [6.07, 6.45) is 0.949. The van der Waals surface area contributed by atoms with E-state index >= 15 is 0 Å². The maximum Gasteiger partial charge on any atom is 0.179 e. The van der Waals surface area contributed by atoms with E-state index in [0.717, 1.165) is 25.3 Å². The molecule has 16 heavy (non-hydrogen) atoms. The van der Waals surface area contributed by atoms with Gasteiger partial charge in [0.05, 0.1) is 5.02 Å². The van der Waals surface area contributed by atoms with Gasteiger partial charge in [0.1, 0.15) is 13.2 Å². The third kappa shape index (κ3) is 2.60. The highest BCUT2D eigenvalue weighted by Crippen LogP contribution is 2.38. The monoisotopic (exact) mass is 241 g/mol. The largest absolute Gasteiger partial charge is 0.486 e. The first kappa shape index (κ1) is 11.6. The molecular weight excluding hydrogens is 226 g/mol. The molecule has 2 rings (SSSR count). The molecule has 1 N–H and O–H groups in total. The summed E-state index contributed by atoms with van der Waals surface area (Å²) < 4.78 is 11.0. The molecule has 0 saturated heterocycles. The number of hydrogen-bond acceptors (Lipinski definition) is 3. The smallest absolute Gasteiger partial charge is 0.179 e. The van der Waals surface area contributed by atoms with E-state index in [1.807, 2.05) is 12.1 Å². The fourth-order valence-electron chi connectivity index (χ4n) is 1.72. The van der Waals surface area contributed by atoms with Crippen LogP contribution in [0.25, 0.3) is 0 Å². The molecule has 0 radical (unpaired) electrons. The van der Waals surface area contributed by atoms with Gasteiger partial charge in [0.15, 0.2) is 11.5 Å². The Morgan fingerprint density at radius 3 is 2.94 bits per heavy atom. The van der Waals surface area contributed by atoms with Gasteiger partial charge in [-0.25, -0.2) is 0 Å². The zero-order valence-electron chi connectivity index (χ0n) is 9.38. The van der Waals surface area contributed by atoms with Crippen LogP contribution in [-0.2, 0) is 6.42 Å². The first-order valence-electron chi connectivity index (χ1n) is 5.60. The van der Waals surface area contributed by atoms with Gasteiger partial charge < -0.3 is 14.8 Å². The minimum Gasteiger partial charge on any atom is -0.486 e. The maximum atomic E-state index is 6.13. The Labute approximate surface area is 101 Å². The molecule has 0 atom stereocenters. The first-order valence-corrected chi connectivity index (χ1v) is 5.98. The lowest BCUT2D eigenvalue weighted by atomic mass is 10.1. The molecule has 1 aliphatic heterocycles. The van der Waals surface area contributed by atoms with Gasteiger partial charge in [-0.3, -0.25) is 0 Å². The van der Waals surface area contributed by atoms with Crippen LogP contribution in [0.5, 0.6) is 11.5 Å². The minimum atomic E-state index is 0.573. The van der Waals surface area contributed by atoms with Crippen molar-refractivity contribution in [2.45, 2.75) is 13.3 Å². The molecule has 0 spiro atoms. The van der Waals surface area contributed by atoms with Gasteiger partial charge in [-0.15, -0.1) is 0 Å². The highest BCUT2D eigenvalue weighted by atomic mass is 35.5.